The fourth-order valence-corrected chi connectivity index (χ4v) is 2.60. The van der Waals surface area contributed by atoms with E-state index in [1.807, 2.05) is 23.1 Å². The van der Waals surface area contributed by atoms with Gasteiger partial charge in [0.1, 0.15) is 0 Å². The molecule has 1 aliphatic rings. The summed E-state index contributed by atoms with van der Waals surface area (Å²) in [7, 11) is 0. The minimum absolute atomic E-state index is 0.494. The summed E-state index contributed by atoms with van der Waals surface area (Å²) in [6, 6.07) is 5.73. The van der Waals surface area contributed by atoms with Crippen molar-refractivity contribution < 1.29 is 10.2 Å². The number of β-amino-alcohol motifs (C(OH)–C–C–N with tert-alkyl or cyclic N) is 2. The summed E-state index contributed by atoms with van der Waals surface area (Å²) in [6.45, 7) is 1.64. The van der Waals surface area contributed by atoms with Gasteiger partial charge in [-0.3, -0.25) is 4.90 Å². The molecule has 0 spiro atoms. The topological polar surface area (TPSA) is 43.7 Å². The number of hydrogen-bond acceptors (Lipinski definition) is 3. The Kier molecular flexibility index (Phi) is 3.87. The largest absolute Gasteiger partial charge is 0.389 e. The molecular formula is C11H13BrClNO2. The zero-order valence-electron chi connectivity index (χ0n) is 8.61. The third kappa shape index (κ3) is 2.76. The monoisotopic (exact) mass is 305 g/mol. The zero-order valence-corrected chi connectivity index (χ0v) is 10.9. The Morgan fingerprint density at radius 2 is 1.94 bits per heavy atom. The molecule has 3 nitrogen and oxygen atoms in total. The average Bonchev–Trinajstić information content (AvgIpc) is 2.51. The van der Waals surface area contributed by atoms with Gasteiger partial charge < -0.3 is 10.2 Å². The lowest BCUT2D eigenvalue weighted by Crippen LogP contribution is -2.22. The molecular weight excluding hydrogens is 293 g/mol. The van der Waals surface area contributed by atoms with Gasteiger partial charge in [-0.25, -0.2) is 0 Å². The van der Waals surface area contributed by atoms with Gasteiger partial charge in [0.2, 0.25) is 0 Å². The number of hydrogen-bond donors (Lipinski definition) is 2. The van der Waals surface area contributed by atoms with Crippen LogP contribution in [0.1, 0.15) is 5.56 Å². The number of aliphatic hydroxyl groups excluding tert-OH is 2. The molecule has 0 bridgehead atoms. The highest BCUT2D eigenvalue weighted by atomic mass is 79.9. The SMILES string of the molecule is OC1CN(Cc2ccc(Br)cc2Cl)CC1O. The molecule has 2 atom stereocenters. The van der Waals surface area contributed by atoms with Gasteiger partial charge in [0.05, 0.1) is 12.2 Å². The predicted octanol–water partition coefficient (Wildman–Crippen LogP) is 1.64. The van der Waals surface area contributed by atoms with Crippen LogP contribution in [0.4, 0.5) is 0 Å². The second-order valence-electron chi connectivity index (χ2n) is 4.06. The zero-order chi connectivity index (χ0) is 11.7. The Bertz CT molecular complexity index is 378. The van der Waals surface area contributed by atoms with Crippen LogP contribution in [-0.2, 0) is 6.54 Å². The molecule has 2 N–H and O–H groups in total. The Hall–Kier alpha value is -0.130. The number of benzene rings is 1. The molecule has 1 saturated heterocycles. The molecule has 0 amide bonds. The summed E-state index contributed by atoms with van der Waals surface area (Å²) in [5.74, 6) is 0. The first kappa shape index (κ1) is 12.3. The van der Waals surface area contributed by atoms with Crippen LogP contribution >= 0.6 is 27.5 Å². The van der Waals surface area contributed by atoms with Crippen molar-refractivity contribution in [2.24, 2.45) is 0 Å². The average molecular weight is 307 g/mol. The molecule has 1 aromatic rings. The van der Waals surface area contributed by atoms with Gasteiger partial charge in [-0.2, -0.15) is 0 Å². The van der Waals surface area contributed by atoms with Gasteiger partial charge in [0.15, 0.2) is 0 Å². The lowest BCUT2D eigenvalue weighted by atomic mass is 10.2. The smallest absolute Gasteiger partial charge is 0.0938 e. The van der Waals surface area contributed by atoms with Crippen molar-refractivity contribution in [3.63, 3.8) is 0 Å². The van der Waals surface area contributed by atoms with Gasteiger partial charge in [-0.15, -0.1) is 0 Å². The van der Waals surface area contributed by atoms with Crippen LogP contribution in [0, 0.1) is 0 Å². The van der Waals surface area contributed by atoms with Crippen molar-refractivity contribution in [1.29, 1.82) is 0 Å². The van der Waals surface area contributed by atoms with E-state index in [0.29, 0.717) is 24.7 Å². The van der Waals surface area contributed by atoms with Crippen molar-refractivity contribution in [2.75, 3.05) is 13.1 Å². The van der Waals surface area contributed by atoms with E-state index in [9.17, 15) is 10.2 Å². The lowest BCUT2D eigenvalue weighted by Gasteiger charge is -2.15. The fraction of sp³-hybridized carbons (Fsp3) is 0.455. The third-order valence-corrected chi connectivity index (χ3v) is 3.59. The van der Waals surface area contributed by atoms with Crippen LogP contribution in [0.2, 0.25) is 5.02 Å². The molecule has 0 saturated carbocycles. The van der Waals surface area contributed by atoms with Crippen LogP contribution in [0.5, 0.6) is 0 Å². The fourth-order valence-electron chi connectivity index (χ4n) is 1.87. The predicted molar refractivity (Wildman–Crippen MR) is 66.4 cm³/mol. The summed E-state index contributed by atoms with van der Waals surface area (Å²) in [4.78, 5) is 1.99. The molecule has 88 valence electrons. The van der Waals surface area contributed by atoms with E-state index in [2.05, 4.69) is 15.9 Å². The second-order valence-corrected chi connectivity index (χ2v) is 5.39. The summed E-state index contributed by atoms with van der Waals surface area (Å²) >= 11 is 9.45. The van der Waals surface area contributed by atoms with E-state index in [1.54, 1.807) is 0 Å². The van der Waals surface area contributed by atoms with Gasteiger partial charge in [0.25, 0.3) is 0 Å². The number of rotatable bonds is 2. The maximum atomic E-state index is 9.43. The molecule has 16 heavy (non-hydrogen) atoms. The van der Waals surface area contributed by atoms with E-state index in [0.717, 1.165) is 10.0 Å². The maximum absolute atomic E-state index is 9.43. The van der Waals surface area contributed by atoms with Crippen LogP contribution in [0.25, 0.3) is 0 Å². The van der Waals surface area contributed by atoms with Crippen LogP contribution in [0.15, 0.2) is 22.7 Å². The summed E-state index contributed by atoms with van der Waals surface area (Å²) in [6.07, 6.45) is -1.29. The Balaban J connectivity index is 2.05. The molecule has 0 aromatic heterocycles. The quantitative estimate of drug-likeness (QED) is 0.873. The van der Waals surface area contributed by atoms with E-state index in [4.69, 9.17) is 11.6 Å². The van der Waals surface area contributed by atoms with Crippen molar-refractivity contribution in [1.82, 2.24) is 4.90 Å². The first-order chi connectivity index (χ1) is 7.56. The molecule has 1 heterocycles. The number of likely N-dealkylation sites (tertiary alicyclic amines) is 1. The standard InChI is InChI=1S/C11H13BrClNO2/c12-8-2-1-7(9(13)3-8)4-14-5-10(15)11(16)6-14/h1-3,10-11,15-16H,4-6H2. The molecule has 1 aromatic carbocycles. The van der Waals surface area contributed by atoms with E-state index < -0.39 is 12.2 Å². The Morgan fingerprint density at radius 3 is 2.50 bits per heavy atom. The second kappa shape index (κ2) is 5.02. The molecule has 2 rings (SSSR count). The highest BCUT2D eigenvalue weighted by Gasteiger charge is 2.29. The van der Waals surface area contributed by atoms with Crippen LogP contribution < -0.4 is 0 Å². The number of aliphatic hydroxyl groups is 2. The van der Waals surface area contributed by atoms with Gasteiger partial charge >= 0.3 is 0 Å². The Labute approximate surface area is 108 Å². The van der Waals surface area contributed by atoms with Gasteiger partial charge in [-0.1, -0.05) is 33.6 Å². The third-order valence-electron chi connectivity index (χ3n) is 2.74. The summed E-state index contributed by atoms with van der Waals surface area (Å²) < 4.78 is 0.947. The highest BCUT2D eigenvalue weighted by Crippen LogP contribution is 2.24. The van der Waals surface area contributed by atoms with E-state index in [1.165, 1.54) is 0 Å². The van der Waals surface area contributed by atoms with Crippen molar-refractivity contribution in [3.8, 4) is 0 Å². The van der Waals surface area contributed by atoms with Crippen LogP contribution in [-0.4, -0.2) is 40.4 Å². The molecule has 5 heteroatoms. The van der Waals surface area contributed by atoms with Gasteiger partial charge in [-0.05, 0) is 17.7 Å². The minimum atomic E-state index is -0.644. The highest BCUT2D eigenvalue weighted by molar-refractivity contribution is 9.10. The number of nitrogens with zero attached hydrogens (tertiary/aromatic N) is 1. The first-order valence-electron chi connectivity index (χ1n) is 5.08. The number of halogens is 2. The first-order valence-corrected chi connectivity index (χ1v) is 6.26. The van der Waals surface area contributed by atoms with Crippen molar-refractivity contribution in [2.45, 2.75) is 18.8 Å². The Morgan fingerprint density at radius 1 is 1.31 bits per heavy atom. The molecule has 0 radical (unpaired) electrons. The van der Waals surface area contributed by atoms with E-state index >= 15 is 0 Å². The van der Waals surface area contributed by atoms with E-state index in [-0.39, 0.29) is 0 Å². The molecule has 2 unspecified atom stereocenters. The summed E-state index contributed by atoms with van der Waals surface area (Å²) in [5, 5.41) is 19.6. The van der Waals surface area contributed by atoms with Crippen molar-refractivity contribution in [3.05, 3.63) is 33.3 Å². The molecule has 1 aliphatic heterocycles. The summed E-state index contributed by atoms with van der Waals surface area (Å²) in [5.41, 5.74) is 1.01. The lowest BCUT2D eigenvalue weighted by molar-refractivity contribution is 0.0572. The normalized spacial score (nSPS) is 26.2. The van der Waals surface area contributed by atoms with Crippen LogP contribution in [0.3, 0.4) is 0 Å². The van der Waals surface area contributed by atoms with Gasteiger partial charge in [0, 0.05) is 29.1 Å². The molecule has 0 aliphatic carbocycles. The minimum Gasteiger partial charge on any atom is -0.389 e. The van der Waals surface area contributed by atoms with Crippen molar-refractivity contribution >= 4 is 27.5 Å². The maximum Gasteiger partial charge on any atom is 0.0938 e. The molecule has 1 fully saturated rings.